The number of aromatic nitrogens is 2. The van der Waals surface area contributed by atoms with Crippen LogP contribution < -0.4 is 0 Å². The smallest absolute Gasteiger partial charge is 0.166 e. The van der Waals surface area contributed by atoms with Crippen LogP contribution in [0.25, 0.3) is 11.0 Å². The first-order valence-electron chi connectivity index (χ1n) is 6.34. The van der Waals surface area contributed by atoms with Gasteiger partial charge in [-0.15, -0.1) is 0 Å². The Morgan fingerprint density at radius 1 is 1.24 bits per heavy atom. The normalized spacial score (nSPS) is 19.8. The molecule has 2 aliphatic carbocycles. The quantitative estimate of drug-likeness (QED) is 0.754. The largest absolute Gasteiger partial charge is 0.327 e. The Labute approximate surface area is 99.5 Å². The van der Waals surface area contributed by atoms with E-state index in [1.165, 1.54) is 18.4 Å². The maximum atomic E-state index is 12.0. The van der Waals surface area contributed by atoms with Gasteiger partial charge in [0.2, 0.25) is 0 Å². The standard InChI is InChI=1S/C14H14N2O/c17-14(9-1-2-9)10-3-6-13-12(7-10)15-8-16(13)11-4-5-11/h3,6-9,11H,1-2,4-5H2. The van der Waals surface area contributed by atoms with E-state index in [1.54, 1.807) is 0 Å². The van der Waals surface area contributed by atoms with Gasteiger partial charge in [0.15, 0.2) is 5.78 Å². The van der Waals surface area contributed by atoms with Crippen LogP contribution in [-0.4, -0.2) is 15.3 Å². The Morgan fingerprint density at radius 3 is 2.76 bits per heavy atom. The molecule has 17 heavy (non-hydrogen) atoms. The van der Waals surface area contributed by atoms with E-state index in [1.807, 2.05) is 18.5 Å². The first kappa shape index (κ1) is 9.40. The fourth-order valence-electron chi connectivity index (χ4n) is 2.41. The molecule has 1 heterocycles. The van der Waals surface area contributed by atoms with Crippen LogP contribution in [-0.2, 0) is 0 Å². The summed E-state index contributed by atoms with van der Waals surface area (Å²) in [7, 11) is 0. The minimum Gasteiger partial charge on any atom is -0.327 e. The van der Waals surface area contributed by atoms with Crippen molar-refractivity contribution in [2.24, 2.45) is 5.92 Å². The van der Waals surface area contributed by atoms with E-state index in [0.29, 0.717) is 11.8 Å². The van der Waals surface area contributed by atoms with Gasteiger partial charge in [0, 0.05) is 17.5 Å². The number of imidazole rings is 1. The minimum atomic E-state index is 0.290. The van der Waals surface area contributed by atoms with Crippen LogP contribution in [0.2, 0.25) is 0 Å². The lowest BCUT2D eigenvalue weighted by Crippen LogP contribution is -2.01. The minimum absolute atomic E-state index is 0.290. The van der Waals surface area contributed by atoms with Crippen molar-refractivity contribution < 1.29 is 4.79 Å². The van der Waals surface area contributed by atoms with Crippen molar-refractivity contribution in [3.63, 3.8) is 0 Å². The van der Waals surface area contributed by atoms with E-state index in [-0.39, 0.29) is 5.92 Å². The van der Waals surface area contributed by atoms with Gasteiger partial charge < -0.3 is 4.57 Å². The highest BCUT2D eigenvalue weighted by Gasteiger charge is 2.31. The van der Waals surface area contributed by atoms with Crippen LogP contribution >= 0.6 is 0 Å². The molecule has 3 heteroatoms. The van der Waals surface area contributed by atoms with Gasteiger partial charge in [-0.3, -0.25) is 4.79 Å². The number of carbonyl (C=O) groups excluding carboxylic acids is 1. The average Bonchev–Trinajstić information content (AvgIpc) is 3.24. The van der Waals surface area contributed by atoms with Crippen LogP contribution in [0.3, 0.4) is 0 Å². The summed E-state index contributed by atoms with van der Waals surface area (Å²) in [5.74, 6) is 0.589. The second-order valence-electron chi connectivity index (χ2n) is 5.23. The van der Waals surface area contributed by atoms with Crippen LogP contribution in [0.1, 0.15) is 42.1 Å². The molecule has 2 fully saturated rings. The molecule has 0 amide bonds. The lowest BCUT2D eigenvalue weighted by molar-refractivity contribution is 0.0968. The number of rotatable bonds is 3. The first-order chi connectivity index (χ1) is 8.33. The van der Waals surface area contributed by atoms with Crippen LogP contribution in [0.4, 0.5) is 0 Å². The van der Waals surface area contributed by atoms with Crippen molar-refractivity contribution in [1.29, 1.82) is 0 Å². The van der Waals surface area contributed by atoms with Crippen molar-refractivity contribution in [3.8, 4) is 0 Å². The third-order valence-electron chi connectivity index (χ3n) is 3.75. The fraction of sp³-hybridized carbons (Fsp3) is 0.429. The molecule has 1 aromatic carbocycles. The molecule has 0 atom stereocenters. The Balaban J connectivity index is 1.79. The predicted molar refractivity (Wildman–Crippen MR) is 65.1 cm³/mol. The second kappa shape index (κ2) is 3.19. The highest BCUT2D eigenvalue weighted by Crippen LogP contribution is 2.37. The van der Waals surface area contributed by atoms with Crippen molar-refractivity contribution >= 4 is 16.8 Å². The Morgan fingerprint density at radius 2 is 2.06 bits per heavy atom. The molecule has 86 valence electrons. The number of carbonyl (C=O) groups is 1. The molecule has 0 unspecified atom stereocenters. The summed E-state index contributed by atoms with van der Waals surface area (Å²) in [5, 5.41) is 0. The first-order valence-corrected chi connectivity index (χ1v) is 6.34. The Kier molecular flexibility index (Phi) is 1.76. The number of benzene rings is 1. The van der Waals surface area contributed by atoms with Gasteiger partial charge in [0.1, 0.15) is 0 Å². The topological polar surface area (TPSA) is 34.9 Å². The van der Waals surface area contributed by atoms with Crippen molar-refractivity contribution in [1.82, 2.24) is 9.55 Å². The summed E-state index contributed by atoms with van der Waals surface area (Å²) in [6.07, 6.45) is 6.55. The molecular formula is C14H14N2O. The third-order valence-corrected chi connectivity index (χ3v) is 3.75. The van der Waals surface area contributed by atoms with Gasteiger partial charge in [0.05, 0.1) is 17.4 Å². The summed E-state index contributed by atoms with van der Waals surface area (Å²) in [6, 6.07) is 6.61. The molecule has 0 radical (unpaired) electrons. The molecule has 0 N–H and O–H groups in total. The summed E-state index contributed by atoms with van der Waals surface area (Å²) in [5.41, 5.74) is 2.96. The second-order valence-corrected chi connectivity index (χ2v) is 5.23. The maximum absolute atomic E-state index is 12.0. The zero-order valence-corrected chi connectivity index (χ0v) is 9.60. The van der Waals surface area contributed by atoms with Crippen molar-refractivity contribution in [2.45, 2.75) is 31.7 Å². The highest BCUT2D eigenvalue weighted by molar-refractivity contribution is 6.01. The van der Waals surface area contributed by atoms with Gasteiger partial charge in [-0.1, -0.05) is 0 Å². The molecule has 2 aromatic rings. The predicted octanol–water partition coefficient (Wildman–Crippen LogP) is 2.96. The fourth-order valence-corrected chi connectivity index (χ4v) is 2.41. The van der Waals surface area contributed by atoms with E-state index in [9.17, 15) is 4.79 Å². The molecule has 4 rings (SSSR count). The zero-order valence-electron chi connectivity index (χ0n) is 9.60. The van der Waals surface area contributed by atoms with E-state index in [2.05, 4.69) is 15.6 Å². The molecule has 2 saturated carbocycles. The van der Waals surface area contributed by atoms with Crippen molar-refractivity contribution in [2.75, 3.05) is 0 Å². The number of nitrogens with zero attached hydrogens (tertiary/aromatic N) is 2. The van der Waals surface area contributed by atoms with Gasteiger partial charge in [-0.2, -0.15) is 0 Å². The monoisotopic (exact) mass is 226 g/mol. The van der Waals surface area contributed by atoms with Gasteiger partial charge in [-0.25, -0.2) is 4.98 Å². The molecule has 2 aliphatic rings. The summed E-state index contributed by atoms with van der Waals surface area (Å²) in [6.45, 7) is 0. The number of ketones is 1. The maximum Gasteiger partial charge on any atom is 0.166 e. The number of Topliss-reactive ketones (excluding diaryl/α,β-unsaturated/α-hetero) is 1. The Hall–Kier alpha value is -1.64. The highest BCUT2D eigenvalue weighted by atomic mass is 16.1. The van der Waals surface area contributed by atoms with Crippen LogP contribution in [0.5, 0.6) is 0 Å². The van der Waals surface area contributed by atoms with E-state index >= 15 is 0 Å². The molecule has 3 nitrogen and oxygen atoms in total. The van der Waals surface area contributed by atoms with Gasteiger partial charge >= 0.3 is 0 Å². The van der Waals surface area contributed by atoms with E-state index in [0.717, 1.165) is 23.9 Å². The lowest BCUT2D eigenvalue weighted by atomic mass is 10.1. The summed E-state index contributed by atoms with van der Waals surface area (Å²) < 4.78 is 2.24. The summed E-state index contributed by atoms with van der Waals surface area (Å²) in [4.78, 5) is 16.4. The molecule has 0 bridgehead atoms. The lowest BCUT2D eigenvalue weighted by Gasteiger charge is -2.02. The molecule has 0 aliphatic heterocycles. The average molecular weight is 226 g/mol. The number of hydrogen-bond acceptors (Lipinski definition) is 2. The molecular weight excluding hydrogens is 212 g/mol. The number of fused-ring (bicyclic) bond motifs is 1. The van der Waals surface area contributed by atoms with Crippen LogP contribution in [0, 0.1) is 5.92 Å². The van der Waals surface area contributed by atoms with Gasteiger partial charge in [0.25, 0.3) is 0 Å². The molecule has 0 saturated heterocycles. The molecule has 1 aromatic heterocycles. The zero-order chi connectivity index (χ0) is 11.4. The van der Waals surface area contributed by atoms with E-state index in [4.69, 9.17) is 0 Å². The van der Waals surface area contributed by atoms with Crippen LogP contribution in [0.15, 0.2) is 24.5 Å². The third kappa shape index (κ3) is 1.49. The summed E-state index contributed by atoms with van der Waals surface area (Å²) >= 11 is 0. The molecule has 0 spiro atoms. The van der Waals surface area contributed by atoms with E-state index < -0.39 is 0 Å². The van der Waals surface area contributed by atoms with Gasteiger partial charge in [-0.05, 0) is 43.9 Å². The number of hydrogen-bond donors (Lipinski definition) is 0. The van der Waals surface area contributed by atoms with Crippen molar-refractivity contribution in [3.05, 3.63) is 30.1 Å². The Bertz CT molecular complexity index is 606. The SMILES string of the molecule is O=C(c1ccc2c(c1)ncn2C1CC1)C1CC1.